The number of carbonyl (C=O) groups excluding carboxylic acids is 4. The molecule has 166 valence electrons. The molecule has 0 radical (unpaired) electrons. The zero-order chi connectivity index (χ0) is 22.8. The van der Waals surface area contributed by atoms with Gasteiger partial charge in [-0.3, -0.25) is 19.3 Å². The van der Waals surface area contributed by atoms with Gasteiger partial charge >= 0.3 is 5.97 Å². The second kappa shape index (κ2) is 9.24. The van der Waals surface area contributed by atoms with Gasteiger partial charge in [-0.15, -0.1) is 0 Å². The molecule has 0 bridgehead atoms. The number of amides is 3. The highest BCUT2D eigenvalue weighted by atomic mass is 79.9. The summed E-state index contributed by atoms with van der Waals surface area (Å²) in [6, 6.07) is 11.6. The van der Waals surface area contributed by atoms with Gasteiger partial charge in [0.05, 0.1) is 23.1 Å². The fraction of sp³-hybridized carbons (Fsp3) is 0.333. The number of hydrogen-bond donors (Lipinski definition) is 1. The predicted octanol–water partition coefficient (Wildman–Crippen LogP) is 4.23. The van der Waals surface area contributed by atoms with Crippen LogP contribution in [0.1, 0.15) is 41.6 Å². The van der Waals surface area contributed by atoms with Crippen molar-refractivity contribution < 1.29 is 23.9 Å². The van der Waals surface area contributed by atoms with Crippen LogP contribution in [0.3, 0.4) is 0 Å². The van der Waals surface area contributed by atoms with E-state index in [2.05, 4.69) is 21.2 Å². The molecule has 7 nitrogen and oxygen atoms in total. The Balaban J connectivity index is 1.40. The molecule has 3 amide bonds. The van der Waals surface area contributed by atoms with Crippen LogP contribution in [0.25, 0.3) is 0 Å². The van der Waals surface area contributed by atoms with Crippen LogP contribution < -0.4 is 10.2 Å². The number of benzene rings is 2. The topological polar surface area (TPSA) is 92.8 Å². The Labute approximate surface area is 194 Å². The molecule has 2 aliphatic rings. The number of halogens is 1. The zero-order valence-corrected chi connectivity index (χ0v) is 19.2. The Kier molecular flexibility index (Phi) is 6.41. The fourth-order valence-corrected chi connectivity index (χ4v) is 4.57. The number of carbonyl (C=O) groups is 4. The van der Waals surface area contributed by atoms with Crippen molar-refractivity contribution in [2.24, 2.45) is 11.8 Å². The van der Waals surface area contributed by atoms with E-state index in [0.717, 1.165) is 35.7 Å². The third kappa shape index (κ3) is 4.46. The number of anilines is 2. The Morgan fingerprint density at radius 2 is 1.75 bits per heavy atom. The van der Waals surface area contributed by atoms with Crippen molar-refractivity contribution in [1.29, 1.82) is 0 Å². The number of rotatable bonds is 5. The van der Waals surface area contributed by atoms with E-state index in [1.165, 1.54) is 17.0 Å². The maximum atomic E-state index is 12.8. The Bertz CT molecular complexity index is 1080. The van der Waals surface area contributed by atoms with Crippen molar-refractivity contribution in [3.8, 4) is 0 Å². The first-order valence-corrected chi connectivity index (χ1v) is 11.4. The molecular weight excluding hydrogens is 476 g/mol. The van der Waals surface area contributed by atoms with E-state index in [0.29, 0.717) is 11.4 Å². The highest BCUT2D eigenvalue weighted by Crippen LogP contribution is 2.40. The molecule has 2 atom stereocenters. The molecule has 1 N–H and O–H groups in total. The lowest BCUT2D eigenvalue weighted by Gasteiger charge is -2.19. The molecule has 0 unspecified atom stereocenters. The fourth-order valence-electron chi connectivity index (χ4n) is 4.32. The number of aryl methyl sites for hydroxylation is 1. The van der Waals surface area contributed by atoms with Gasteiger partial charge in [-0.05, 0) is 61.7 Å². The average Bonchev–Trinajstić information content (AvgIpc) is 3.05. The molecule has 4 rings (SSSR count). The van der Waals surface area contributed by atoms with Crippen LogP contribution in [0.5, 0.6) is 0 Å². The van der Waals surface area contributed by atoms with E-state index in [-0.39, 0.29) is 29.2 Å². The third-order valence-corrected chi connectivity index (χ3v) is 6.85. The summed E-state index contributed by atoms with van der Waals surface area (Å²) in [5.74, 6) is -2.10. The first-order valence-electron chi connectivity index (χ1n) is 10.6. The maximum absolute atomic E-state index is 12.8. The van der Waals surface area contributed by atoms with E-state index in [4.69, 9.17) is 4.74 Å². The minimum Gasteiger partial charge on any atom is -0.452 e. The van der Waals surface area contributed by atoms with Crippen molar-refractivity contribution in [3.05, 3.63) is 58.1 Å². The van der Waals surface area contributed by atoms with Crippen molar-refractivity contribution in [1.82, 2.24) is 0 Å². The second-order valence-electron chi connectivity index (χ2n) is 8.15. The summed E-state index contributed by atoms with van der Waals surface area (Å²) in [6.45, 7) is 1.45. The largest absolute Gasteiger partial charge is 0.452 e. The Morgan fingerprint density at radius 3 is 2.41 bits per heavy atom. The highest BCUT2D eigenvalue weighted by Gasteiger charge is 2.48. The summed E-state index contributed by atoms with van der Waals surface area (Å²) in [5.41, 5.74) is 2.09. The van der Waals surface area contributed by atoms with Crippen LogP contribution in [0, 0.1) is 18.8 Å². The van der Waals surface area contributed by atoms with E-state index in [1.54, 1.807) is 24.3 Å². The van der Waals surface area contributed by atoms with Crippen LogP contribution in [0.15, 0.2) is 46.9 Å². The molecule has 1 saturated carbocycles. The molecule has 1 heterocycles. The number of esters is 1. The second-order valence-corrected chi connectivity index (χ2v) is 9.00. The van der Waals surface area contributed by atoms with Crippen molar-refractivity contribution in [2.45, 2.75) is 32.6 Å². The molecule has 8 heteroatoms. The number of imide groups is 1. The molecule has 2 aromatic rings. The van der Waals surface area contributed by atoms with Gasteiger partial charge in [-0.1, -0.05) is 34.8 Å². The van der Waals surface area contributed by atoms with Crippen molar-refractivity contribution in [3.63, 3.8) is 0 Å². The Morgan fingerprint density at radius 1 is 1.06 bits per heavy atom. The summed E-state index contributed by atoms with van der Waals surface area (Å²) in [5, 5.41) is 2.68. The smallest absolute Gasteiger partial charge is 0.338 e. The van der Waals surface area contributed by atoms with Crippen molar-refractivity contribution >= 4 is 51.0 Å². The number of fused-ring (bicyclic) bond motifs is 1. The van der Waals surface area contributed by atoms with E-state index in [1.807, 2.05) is 13.0 Å². The number of hydrogen-bond acceptors (Lipinski definition) is 5. The van der Waals surface area contributed by atoms with Gasteiger partial charge in [-0.25, -0.2) is 4.79 Å². The van der Waals surface area contributed by atoms with Crippen LogP contribution in [0.4, 0.5) is 11.4 Å². The van der Waals surface area contributed by atoms with E-state index in [9.17, 15) is 19.2 Å². The van der Waals surface area contributed by atoms with Crippen molar-refractivity contribution in [2.75, 3.05) is 16.8 Å². The molecule has 2 aromatic carbocycles. The van der Waals surface area contributed by atoms with Gasteiger partial charge in [0, 0.05) is 10.2 Å². The average molecular weight is 499 g/mol. The SMILES string of the molecule is Cc1cc(NC(=O)COC(=O)c2cccc(N3C(=O)[C@H]4CCCC[C@@H]4C3=O)c2)ccc1Br. The van der Waals surface area contributed by atoms with Crippen LogP contribution >= 0.6 is 15.9 Å². The third-order valence-electron chi connectivity index (χ3n) is 5.96. The van der Waals surface area contributed by atoms with Gasteiger partial charge in [0.2, 0.25) is 11.8 Å². The van der Waals surface area contributed by atoms with Crippen LogP contribution in [-0.4, -0.2) is 30.3 Å². The quantitative estimate of drug-likeness (QED) is 0.491. The lowest BCUT2D eigenvalue weighted by Crippen LogP contribution is -2.31. The zero-order valence-electron chi connectivity index (χ0n) is 17.6. The summed E-state index contributed by atoms with van der Waals surface area (Å²) >= 11 is 3.40. The number of ether oxygens (including phenoxy) is 1. The molecule has 1 aliphatic heterocycles. The summed E-state index contributed by atoms with van der Waals surface area (Å²) in [4.78, 5) is 51.4. The van der Waals surface area contributed by atoms with Crippen LogP contribution in [0.2, 0.25) is 0 Å². The molecular formula is C24H23BrN2O5. The van der Waals surface area contributed by atoms with Gasteiger partial charge in [-0.2, -0.15) is 0 Å². The standard InChI is InChI=1S/C24H23BrN2O5/c1-14-11-16(9-10-20(14)25)26-21(28)13-32-24(31)15-5-4-6-17(12-15)27-22(29)18-7-2-3-8-19(18)23(27)30/h4-6,9-12,18-19H,2-3,7-8,13H2,1H3,(H,26,28)/t18-,19-/m0/s1. The van der Waals surface area contributed by atoms with Gasteiger partial charge in [0.15, 0.2) is 6.61 Å². The molecule has 1 aliphatic carbocycles. The van der Waals surface area contributed by atoms with Gasteiger partial charge in [0.25, 0.3) is 5.91 Å². The molecule has 0 aromatic heterocycles. The molecule has 32 heavy (non-hydrogen) atoms. The highest BCUT2D eigenvalue weighted by molar-refractivity contribution is 9.10. The molecule has 2 fully saturated rings. The minimum atomic E-state index is -0.703. The lowest BCUT2D eigenvalue weighted by molar-refractivity contribution is -0.122. The summed E-state index contributed by atoms with van der Waals surface area (Å²) < 4.78 is 6.06. The monoisotopic (exact) mass is 498 g/mol. The normalized spacial score (nSPS) is 20.1. The van der Waals surface area contributed by atoms with E-state index < -0.39 is 18.5 Å². The van der Waals surface area contributed by atoms with Gasteiger partial charge in [0.1, 0.15) is 0 Å². The lowest BCUT2D eigenvalue weighted by atomic mass is 9.81. The number of nitrogens with one attached hydrogen (secondary N) is 1. The van der Waals surface area contributed by atoms with E-state index >= 15 is 0 Å². The first-order chi connectivity index (χ1) is 15.3. The summed E-state index contributed by atoms with van der Waals surface area (Å²) in [7, 11) is 0. The minimum absolute atomic E-state index is 0.172. The molecule has 1 saturated heterocycles. The predicted molar refractivity (Wildman–Crippen MR) is 122 cm³/mol. The maximum Gasteiger partial charge on any atom is 0.338 e. The van der Waals surface area contributed by atoms with Crippen LogP contribution in [-0.2, 0) is 19.1 Å². The molecule has 0 spiro atoms. The Hall–Kier alpha value is -3.00. The number of nitrogens with zero attached hydrogens (tertiary/aromatic N) is 1. The van der Waals surface area contributed by atoms with Gasteiger partial charge < -0.3 is 10.1 Å². The summed E-state index contributed by atoms with van der Waals surface area (Å²) in [6.07, 6.45) is 3.34. The first kappa shape index (κ1) is 22.2.